The van der Waals surface area contributed by atoms with E-state index in [1.807, 2.05) is 29.4 Å². The molecule has 1 aliphatic heterocycles. The summed E-state index contributed by atoms with van der Waals surface area (Å²) in [7, 11) is 0. The van der Waals surface area contributed by atoms with Gasteiger partial charge in [0.2, 0.25) is 0 Å². The molecule has 0 unspecified atom stereocenters. The number of aryl methyl sites for hydroxylation is 2. The van der Waals surface area contributed by atoms with Gasteiger partial charge in [0, 0.05) is 24.9 Å². The highest BCUT2D eigenvalue weighted by Crippen LogP contribution is 2.26. The highest BCUT2D eigenvalue weighted by molar-refractivity contribution is 5.78. The van der Waals surface area contributed by atoms with E-state index in [0.29, 0.717) is 6.42 Å². The Morgan fingerprint density at radius 3 is 2.79 bits per heavy atom. The Balaban J connectivity index is 1.58. The average Bonchev–Trinajstić information content (AvgIpc) is 3.13. The Hall–Kier alpha value is -2.37. The van der Waals surface area contributed by atoms with Gasteiger partial charge in [0.05, 0.1) is 17.6 Å². The fraction of sp³-hybridized carbons (Fsp3) is 0.591. The van der Waals surface area contributed by atoms with Crippen LogP contribution < -0.4 is 4.90 Å². The summed E-state index contributed by atoms with van der Waals surface area (Å²) in [5.41, 5.74) is 3.29. The van der Waals surface area contributed by atoms with E-state index in [1.54, 1.807) is 0 Å². The summed E-state index contributed by atoms with van der Waals surface area (Å²) in [6.07, 6.45) is 10.3. The molecule has 1 saturated heterocycles. The molecule has 0 saturated carbocycles. The van der Waals surface area contributed by atoms with Crippen LogP contribution in [0.25, 0.3) is 0 Å². The topological polar surface area (TPSA) is 82.1 Å². The Morgan fingerprint density at radius 2 is 2.11 bits per heavy atom. The molecule has 0 radical (unpaired) electrons. The van der Waals surface area contributed by atoms with Crippen LogP contribution in [0.1, 0.15) is 63.7 Å². The molecule has 6 heteroatoms. The molecule has 0 bridgehead atoms. The summed E-state index contributed by atoms with van der Waals surface area (Å²) >= 11 is 0. The third-order valence-corrected chi connectivity index (χ3v) is 5.85. The van der Waals surface area contributed by atoms with Crippen molar-refractivity contribution in [3.63, 3.8) is 0 Å². The van der Waals surface area contributed by atoms with Crippen LogP contribution in [0.5, 0.6) is 0 Å². The fourth-order valence-electron chi connectivity index (χ4n) is 3.72. The molecule has 1 fully saturated rings. The van der Waals surface area contributed by atoms with Crippen molar-refractivity contribution < 1.29 is 9.90 Å². The van der Waals surface area contributed by atoms with Gasteiger partial charge in [0.1, 0.15) is 11.9 Å². The van der Waals surface area contributed by atoms with Crippen molar-refractivity contribution in [2.45, 2.75) is 71.8 Å². The zero-order valence-corrected chi connectivity index (χ0v) is 17.2. The predicted octanol–water partition coefficient (Wildman–Crippen LogP) is 4.01. The number of carbonyl (C=O) groups is 1. The van der Waals surface area contributed by atoms with Crippen LogP contribution in [0, 0.1) is 5.41 Å². The van der Waals surface area contributed by atoms with E-state index in [1.165, 1.54) is 0 Å². The number of aromatic amines is 1. The van der Waals surface area contributed by atoms with Gasteiger partial charge in [0.15, 0.2) is 0 Å². The van der Waals surface area contributed by atoms with Gasteiger partial charge in [-0.25, -0.2) is 9.78 Å². The van der Waals surface area contributed by atoms with Crippen LogP contribution in [0.3, 0.4) is 0 Å². The third kappa shape index (κ3) is 5.12. The molecule has 2 N–H and O–H groups in total. The molecule has 3 heterocycles. The number of hydrogen-bond acceptors (Lipinski definition) is 4. The first kappa shape index (κ1) is 20.4. The maximum Gasteiger partial charge on any atom is 0.326 e. The number of anilines is 1. The Morgan fingerprint density at radius 1 is 1.29 bits per heavy atom. The van der Waals surface area contributed by atoms with Gasteiger partial charge in [-0.1, -0.05) is 27.2 Å². The number of H-pyrrole nitrogens is 1. The fourth-order valence-corrected chi connectivity index (χ4v) is 3.72. The molecule has 28 heavy (non-hydrogen) atoms. The lowest BCUT2D eigenvalue weighted by atomic mass is 9.85. The van der Waals surface area contributed by atoms with E-state index in [2.05, 4.69) is 30.7 Å². The maximum absolute atomic E-state index is 11.5. The minimum absolute atomic E-state index is 0.270. The number of nitrogens with zero attached hydrogens (tertiary/aromatic N) is 3. The number of rotatable bonds is 8. The minimum Gasteiger partial charge on any atom is -0.480 e. The second kappa shape index (κ2) is 8.76. The standard InChI is InChI=1S/C22H32N4O2/c1-4-22(2,3)13-17-14-24-20(25-17)11-9-16-8-10-18(15-23-16)26-12-6-5-7-19(26)21(27)28/h8,10,14-15,19H,4-7,9,11-13H2,1-3H3,(H,24,25)(H,27,28)/t19-/m1/s1. The van der Waals surface area contributed by atoms with E-state index >= 15 is 0 Å². The Kier molecular flexibility index (Phi) is 6.37. The van der Waals surface area contributed by atoms with E-state index < -0.39 is 12.0 Å². The second-order valence-electron chi connectivity index (χ2n) is 8.58. The number of imidazole rings is 1. The summed E-state index contributed by atoms with van der Waals surface area (Å²) in [4.78, 5) is 26.0. The molecule has 0 aliphatic carbocycles. The van der Waals surface area contributed by atoms with Crippen LogP contribution in [0.2, 0.25) is 0 Å². The lowest BCUT2D eigenvalue weighted by Gasteiger charge is -2.34. The number of hydrogen-bond donors (Lipinski definition) is 2. The molecule has 0 aromatic carbocycles. The number of carboxylic acid groups (broad SMARTS) is 1. The summed E-state index contributed by atoms with van der Waals surface area (Å²) < 4.78 is 0. The highest BCUT2D eigenvalue weighted by Gasteiger charge is 2.28. The monoisotopic (exact) mass is 384 g/mol. The van der Waals surface area contributed by atoms with E-state index in [4.69, 9.17) is 4.98 Å². The summed E-state index contributed by atoms with van der Waals surface area (Å²) in [5, 5.41) is 9.45. The van der Waals surface area contributed by atoms with Gasteiger partial charge >= 0.3 is 5.97 Å². The largest absolute Gasteiger partial charge is 0.480 e. The number of pyridine rings is 1. The predicted molar refractivity (Wildman–Crippen MR) is 111 cm³/mol. The number of carboxylic acids is 1. The molecule has 0 spiro atoms. The number of aromatic nitrogens is 3. The number of nitrogens with one attached hydrogen (secondary N) is 1. The lowest BCUT2D eigenvalue weighted by molar-refractivity contribution is -0.139. The van der Waals surface area contributed by atoms with Gasteiger partial charge in [-0.05, 0) is 49.7 Å². The molecular weight excluding hydrogens is 352 g/mol. The number of aliphatic carboxylic acids is 1. The van der Waals surface area contributed by atoms with Crippen LogP contribution in [-0.4, -0.2) is 38.6 Å². The molecule has 3 rings (SSSR count). The summed E-state index contributed by atoms with van der Waals surface area (Å²) in [6.45, 7) is 7.53. The van der Waals surface area contributed by atoms with Crippen molar-refractivity contribution in [3.8, 4) is 0 Å². The van der Waals surface area contributed by atoms with Crippen LogP contribution in [0.4, 0.5) is 5.69 Å². The molecule has 2 aromatic heterocycles. The second-order valence-corrected chi connectivity index (χ2v) is 8.58. The van der Waals surface area contributed by atoms with Crippen molar-refractivity contribution >= 4 is 11.7 Å². The maximum atomic E-state index is 11.5. The van der Waals surface area contributed by atoms with Gasteiger partial charge in [-0.3, -0.25) is 4.98 Å². The van der Waals surface area contributed by atoms with Gasteiger partial charge in [-0.15, -0.1) is 0 Å². The molecule has 6 nitrogen and oxygen atoms in total. The molecular formula is C22H32N4O2. The van der Waals surface area contributed by atoms with Crippen LogP contribution in [-0.2, 0) is 24.1 Å². The zero-order valence-electron chi connectivity index (χ0n) is 17.2. The number of piperidine rings is 1. The van der Waals surface area contributed by atoms with Gasteiger partial charge < -0.3 is 15.0 Å². The molecule has 2 aromatic rings. The molecule has 0 amide bonds. The van der Waals surface area contributed by atoms with Crippen molar-refractivity contribution in [2.75, 3.05) is 11.4 Å². The van der Waals surface area contributed by atoms with Crippen molar-refractivity contribution in [1.82, 2.24) is 15.0 Å². The van der Waals surface area contributed by atoms with Crippen LogP contribution >= 0.6 is 0 Å². The Bertz CT molecular complexity index is 782. The first-order chi connectivity index (χ1) is 13.4. The average molecular weight is 385 g/mol. The van der Waals surface area contributed by atoms with E-state index in [0.717, 1.165) is 68.0 Å². The quantitative estimate of drug-likeness (QED) is 0.718. The van der Waals surface area contributed by atoms with Gasteiger partial charge in [-0.2, -0.15) is 0 Å². The lowest BCUT2D eigenvalue weighted by Crippen LogP contribution is -2.44. The van der Waals surface area contributed by atoms with Crippen molar-refractivity contribution in [3.05, 3.63) is 41.7 Å². The smallest absolute Gasteiger partial charge is 0.326 e. The first-order valence-electron chi connectivity index (χ1n) is 10.4. The molecule has 152 valence electrons. The van der Waals surface area contributed by atoms with Crippen molar-refractivity contribution in [2.24, 2.45) is 5.41 Å². The molecule has 1 aliphatic rings. The summed E-state index contributed by atoms with van der Waals surface area (Å²) in [5.74, 6) is 0.249. The Labute approximate surface area is 167 Å². The molecule has 1 atom stereocenters. The van der Waals surface area contributed by atoms with Crippen LogP contribution in [0.15, 0.2) is 24.5 Å². The highest BCUT2D eigenvalue weighted by atomic mass is 16.4. The SMILES string of the molecule is CCC(C)(C)Cc1c[nH]c(CCc2ccc(N3CCCC[C@@H]3C(=O)O)cn2)n1. The normalized spacial score (nSPS) is 17.7. The zero-order chi connectivity index (χ0) is 20.1. The van der Waals surface area contributed by atoms with E-state index in [-0.39, 0.29) is 5.41 Å². The third-order valence-electron chi connectivity index (χ3n) is 5.85. The van der Waals surface area contributed by atoms with E-state index in [9.17, 15) is 9.90 Å². The first-order valence-corrected chi connectivity index (χ1v) is 10.4. The van der Waals surface area contributed by atoms with Crippen molar-refractivity contribution in [1.29, 1.82) is 0 Å². The summed E-state index contributed by atoms with van der Waals surface area (Å²) in [6, 6.07) is 3.57. The minimum atomic E-state index is -0.747. The van der Waals surface area contributed by atoms with Gasteiger partial charge in [0.25, 0.3) is 0 Å².